The van der Waals surface area contributed by atoms with Gasteiger partial charge in [0.15, 0.2) is 0 Å². The van der Waals surface area contributed by atoms with E-state index in [0.29, 0.717) is 0 Å². The van der Waals surface area contributed by atoms with Gasteiger partial charge in [0.2, 0.25) is 0 Å². The van der Waals surface area contributed by atoms with Gasteiger partial charge in [-0.3, -0.25) is 0 Å². The van der Waals surface area contributed by atoms with Crippen LogP contribution in [0.4, 0.5) is 0 Å². The van der Waals surface area contributed by atoms with Crippen LogP contribution in [0.3, 0.4) is 0 Å². The fourth-order valence-corrected chi connectivity index (χ4v) is 1.54. The Hall–Kier alpha value is -0.340. The SMILES string of the molecule is CSCCCOc1cccc(Cl)c1. The van der Waals surface area contributed by atoms with Crippen LogP contribution >= 0.6 is 23.4 Å². The second-order valence-electron chi connectivity index (χ2n) is 2.65. The standard InChI is InChI=1S/C10H13ClOS/c1-13-7-3-6-12-10-5-2-4-9(11)8-10/h2,4-5,8H,3,6-7H2,1H3. The molecule has 0 spiro atoms. The minimum absolute atomic E-state index is 0.724. The van der Waals surface area contributed by atoms with Crippen LogP contribution in [0.1, 0.15) is 6.42 Å². The Kier molecular flexibility index (Phi) is 5.09. The van der Waals surface area contributed by atoms with Gasteiger partial charge in [0.05, 0.1) is 6.61 Å². The van der Waals surface area contributed by atoms with E-state index in [9.17, 15) is 0 Å². The molecule has 0 amide bonds. The number of halogens is 1. The monoisotopic (exact) mass is 216 g/mol. The van der Waals surface area contributed by atoms with Gasteiger partial charge in [0.1, 0.15) is 5.75 Å². The Morgan fingerprint density at radius 2 is 2.31 bits per heavy atom. The minimum atomic E-state index is 0.724. The van der Waals surface area contributed by atoms with Crippen LogP contribution in [0.2, 0.25) is 5.02 Å². The molecule has 0 heterocycles. The minimum Gasteiger partial charge on any atom is -0.494 e. The third-order valence-electron chi connectivity index (χ3n) is 1.56. The van der Waals surface area contributed by atoms with Crippen LogP contribution in [-0.2, 0) is 0 Å². The summed E-state index contributed by atoms with van der Waals surface area (Å²) in [6.45, 7) is 0.765. The summed E-state index contributed by atoms with van der Waals surface area (Å²) in [5, 5.41) is 0.724. The van der Waals surface area contributed by atoms with E-state index in [2.05, 4.69) is 6.26 Å². The second kappa shape index (κ2) is 6.17. The molecule has 0 radical (unpaired) electrons. The van der Waals surface area contributed by atoms with E-state index in [0.717, 1.165) is 29.6 Å². The van der Waals surface area contributed by atoms with Crippen molar-refractivity contribution in [1.29, 1.82) is 0 Å². The number of rotatable bonds is 5. The highest BCUT2D eigenvalue weighted by Gasteiger charge is 1.93. The van der Waals surface area contributed by atoms with Gasteiger partial charge in [-0.15, -0.1) is 0 Å². The summed E-state index contributed by atoms with van der Waals surface area (Å²) in [5.74, 6) is 1.99. The maximum Gasteiger partial charge on any atom is 0.120 e. The quantitative estimate of drug-likeness (QED) is 0.698. The summed E-state index contributed by atoms with van der Waals surface area (Å²) >= 11 is 7.63. The fourth-order valence-electron chi connectivity index (χ4n) is 0.950. The summed E-state index contributed by atoms with van der Waals surface area (Å²) in [4.78, 5) is 0. The molecule has 0 aliphatic carbocycles. The molecule has 13 heavy (non-hydrogen) atoms. The fraction of sp³-hybridized carbons (Fsp3) is 0.400. The summed E-state index contributed by atoms with van der Waals surface area (Å²) in [6, 6.07) is 7.49. The molecule has 1 aromatic carbocycles. The van der Waals surface area contributed by atoms with Gasteiger partial charge >= 0.3 is 0 Å². The first kappa shape index (κ1) is 10.7. The lowest BCUT2D eigenvalue weighted by Crippen LogP contribution is -1.98. The van der Waals surface area contributed by atoms with Gasteiger partial charge in [0, 0.05) is 5.02 Å². The van der Waals surface area contributed by atoms with Crippen LogP contribution < -0.4 is 4.74 Å². The third-order valence-corrected chi connectivity index (χ3v) is 2.49. The van der Waals surface area contributed by atoms with Gasteiger partial charge < -0.3 is 4.74 Å². The molecular weight excluding hydrogens is 204 g/mol. The molecule has 0 N–H and O–H groups in total. The summed E-state index contributed by atoms with van der Waals surface area (Å²) in [5.41, 5.74) is 0. The molecule has 0 bridgehead atoms. The highest BCUT2D eigenvalue weighted by Crippen LogP contribution is 2.17. The molecule has 1 rings (SSSR count). The molecule has 1 nitrogen and oxygen atoms in total. The number of benzene rings is 1. The molecule has 0 aliphatic heterocycles. The van der Waals surface area contributed by atoms with E-state index in [4.69, 9.17) is 16.3 Å². The van der Waals surface area contributed by atoms with Crippen molar-refractivity contribution >= 4 is 23.4 Å². The van der Waals surface area contributed by atoms with Crippen LogP contribution in [0.15, 0.2) is 24.3 Å². The summed E-state index contributed by atoms with van der Waals surface area (Å²) < 4.78 is 5.49. The predicted molar refractivity (Wildman–Crippen MR) is 59.9 cm³/mol. The molecular formula is C10H13ClOS. The van der Waals surface area contributed by atoms with Crippen LogP contribution in [-0.4, -0.2) is 18.6 Å². The zero-order valence-corrected chi connectivity index (χ0v) is 9.20. The first-order chi connectivity index (χ1) is 6.33. The molecule has 0 aromatic heterocycles. The van der Waals surface area contributed by atoms with Crippen molar-refractivity contribution < 1.29 is 4.74 Å². The Morgan fingerprint density at radius 1 is 1.46 bits per heavy atom. The molecule has 0 unspecified atom stereocenters. The van der Waals surface area contributed by atoms with Gasteiger partial charge in [-0.2, -0.15) is 11.8 Å². The zero-order chi connectivity index (χ0) is 9.52. The Morgan fingerprint density at radius 3 is 3.00 bits per heavy atom. The predicted octanol–water partition coefficient (Wildman–Crippen LogP) is 3.47. The maximum absolute atomic E-state index is 5.80. The highest BCUT2D eigenvalue weighted by atomic mass is 35.5. The smallest absolute Gasteiger partial charge is 0.120 e. The molecule has 0 fully saturated rings. The summed E-state index contributed by atoms with van der Waals surface area (Å²) in [6.07, 6.45) is 3.17. The van der Waals surface area contributed by atoms with Crippen molar-refractivity contribution in [2.45, 2.75) is 6.42 Å². The lowest BCUT2D eigenvalue weighted by atomic mass is 10.3. The van der Waals surface area contributed by atoms with Crippen molar-refractivity contribution in [3.05, 3.63) is 29.3 Å². The molecule has 1 aromatic rings. The molecule has 0 saturated heterocycles. The topological polar surface area (TPSA) is 9.23 Å². The van der Waals surface area contributed by atoms with Gasteiger partial charge in [-0.25, -0.2) is 0 Å². The maximum atomic E-state index is 5.80. The molecule has 0 saturated carbocycles. The Labute approximate surface area is 88.4 Å². The van der Waals surface area contributed by atoms with Crippen molar-refractivity contribution in [1.82, 2.24) is 0 Å². The molecule has 0 aliphatic rings. The molecule has 72 valence electrons. The first-order valence-electron chi connectivity index (χ1n) is 4.20. The number of hydrogen-bond acceptors (Lipinski definition) is 2. The van der Waals surface area contributed by atoms with E-state index in [-0.39, 0.29) is 0 Å². The largest absolute Gasteiger partial charge is 0.494 e. The van der Waals surface area contributed by atoms with Gasteiger partial charge in [-0.05, 0) is 36.6 Å². The zero-order valence-electron chi connectivity index (χ0n) is 7.63. The van der Waals surface area contributed by atoms with Crippen LogP contribution in [0, 0.1) is 0 Å². The second-order valence-corrected chi connectivity index (χ2v) is 4.07. The van der Waals surface area contributed by atoms with Crippen molar-refractivity contribution in [2.75, 3.05) is 18.6 Å². The Bertz CT molecular complexity index is 252. The summed E-state index contributed by atoms with van der Waals surface area (Å²) in [7, 11) is 0. The molecule has 3 heteroatoms. The van der Waals surface area contributed by atoms with E-state index < -0.39 is 0 Å². The number of ether oxygens (including phenoxy) is 1. The third kappa shape index (κ3) is 4.44. The normalized spacial score (nSPS) is 10.0. The number of hydrogen-bond donors (Lipinski definition) is 0. The van der Waals surface area contributed by atoms with Crippen molar-refractivity contribution in [3.8, 4) is 5.75 Å². The lowest BCUT2D eigenvalue weighted by molar-refractivity contribution is 0.319. The number of thioether (sulfide) groups is 1. The molecule has 0 atom stereocenters. The highest BCUT2D eigenvalue weighted by molar-refractivity contribution is 7.98. The Balaban J connectivity index is 2.28. The van der Waals surface area contributed by atoms with E-state index >= 15 is 0 Å². The first-order valence-corrected chi connectivity index (χ1v) is 5.97. The van der Waals surface area contributed by atoms with E-state index in [1.54, 1.807) is 0 Å². The van der Waals surface area contributed by atoms with Gasteiger partial charge in [0.25, 0.3) is 0 Å². The van der Waals surface area contributed by atoms with E-state index in [1.807, 2.05) is 36.0 Å². The average molecular weight is 217 g/mol. The van der Waals surface area contributed by atoms with Crippen LogP contribution in [0.25, 0.3) is 0 Å². The average Bonchev–Trinajstić information content (AvgIpc) is 2.13. The van der Waals surface area contributed by atoms with Crippen molar-refractivity contribution in [2.24, 2.45) is 0 Å². The van der Waals surface area contributed by atoms with Crippen LogP contribution in [0.5, 0.6) is 5.75 Å². The van der Waals surface area contributed by atoms with Crippen molar-refractivity contribution in [3.63, 3.8) is 0 Å². The van der Waals surface area contributed by atoms with E-state index in [1.165, 1.54) is 0 Å². The van der Waals surface area contributed by atoms with Gasteiger partial charge in [-0.1, -0.05) is 17.7 Å². The lowest BCUT2D eigenvalue weighted by Gasteiger charge is -2.04.